The maximum absolute atomic E-state index is 12.5. The van der Waals surface area contributed by atoms with Gasteiger partial charge in [0.15, 0.2) is 0 Å². The van der Waals surface area contributed by atoms with Crippen LogP contribution in [0.4, 0.5) is 0 Å². The van der Waals surface area contributed by atoms with Crippen molar-refractivity contribution in [3.05, 3.63) is 170 Å². The molecule has 0 fully saturated rings. The molecular formula is C66H105NO3. The lowest BCUT2D eigenvalue weighted by molar-refractivity contribution is -0.123. The highest BCUT2D eigenvalue weighted by Crippen LogP contribution is 2.13. The molecule has 0 aromatic carbocycles. The van der Waals surface area contributed by atoms with Crippen molar-refractivity contribution >= 4 is 5.91 Å². The molecule has 0 rings (SSSR count). The van der Waals surface area contributed by atoms with Crippen molar-refractivity contribution in [3.63, 3.8) is 0 Å². The summed E-state index contributed by atoms with van der Waals surface area (Å²) in [4.78, 5) is 12.5. The van der Waals surface area contributed by atoms with Gasteiger partial charge in [-0.05, 0) is 128 Å². The average Bonchev–Trinajstić information content (AvgIpc) is 3.36. The summed E-state index contributed by atoms with van der Waals surface area (Å²) in [5.74, 6) is -0.117. The summed E-state index contributed by atoms with van der Waals surface area (Å²) < 4.78 is 0. The maximum atomic E-state index is 12.5. The first-order valence-electron chi connectivity index (χ1n) is 28.3. The smallest absolute Gasteiger partial charge is 0.220 e. The highest BCUT2D eigenvalue weighted by atomic mass is 16.3. The predicted octanol–water partition coefficient (Wildman–Crippen LogP) is 19.1. The van der Waals surface area contributed by atoms with Gasteiger partial charge in [-0.1, -0.05) is 255 Å². The zero-order chi connectivity index (χ0) is 50.6. The molecule has 4 nitrogen and oxygen atoms in total. The number of amides is 1. The van der Waals surface area contributed by atoms with E-state index in [2.05, 4.69) is 177 Å². The molecule has 0 saturated heterocycles. The fraction of sp³-hybridized carbons (Fsp3) is 0.561. The van der Waals surface area contributed by atoms with Crippen molar-refractivity contribution in [2.24, 2.45) is 0 Å². The van der Waals surface area contributed by atoms with Crippen LogP contribution in [0.25, 0.3) is 0 Å². The predicted molar refractivity (Wildman–Crippen MR) is 312 cm³/mol. The van der Waals surface area contributed by atoms with Gasteiger partial charge in [-0.3, -0.25) is 4.79 Å². The lowest BCUT2D eigenvalue weighted by atomic mass is 10.1. The molecule has 0 spiro atoms. The van der Waals surface area contributed by atoms with Crippen molar-refractivity contribution in [1.29, 1.82) is 0 Å². The van der Waals surface area contributed by atoms with E-state index in [-0.39, 0.29) is 12.5 Å². The summed E-state index contributed by atoms with van der Waals surface area (Å²) in [5, 5.41) is 23.1. The monoisotopic (exact) mass is 960 g/mol. The molecule has 0 heterocycles. The van der Waals surface area contributed by atoms with Crippen molar-refractivity contribution in [2.45, 2.75) is 231 Å². The van der Waals surface area contributed by atoms with Crippen LogP contribution in [-0.2, 0) is 4.79 Å². The number of nitrogens with one attached hydrogen (secondary N) is 1. The Kier molecular flexibility index (Phi) is 55.5. The molecule has 392 valence electrons. The molecule has 0 aliphatic carbocycles. The minimum Gasteiger partial charge on any atom is -0.394 e. The summed E-state index contributed by atoms with van der Waals surface area (Å²) in [5.41, 5.74) is 0. The normalized spacial score (nSPS) is 14.2. The first-order chi connectivity index (χ1) is 34.7. The van der Waals surface area contributed by atoms with Gasteiger partial charge in [-0.25, -0.2) is 0 Å². The first-order valence-corrected chi connectivity index (χ1v) is 28.3. The second-order valence-corrected chi connectivity index (χ2v) is 18.2. The summed E-state index contributed by atoms with van der Waals surface area (Å²) in [6, 6.07) is -0.678. The molecule has 0 aromatic rings. The Labute approximate surface area is 432 Å². The van der Waals surface area contributed by atoms with Crippen molar-refractivity contribution in [3.8, 4) is 0 Å². The van der Waals surface area contributed by atoms with Crippen LogP contribution in [0.5, 0.6) is 0 Å². The minimum absolute atomic E-state index is 0.117. The lowest BCUT2D eigenvalue weighted by Gasteiger charge is -2.19. The van der Waals surface area contributed by atoms with Gasteiger partial charge in [-0.15, -0.1) is 0 Å². The molecule has 0 aromatic heterocycles. The van der Waals surface area contributed by atoms with Crippen LogP contribution >= 0.6 is 0 Å². The minimum atomic E-state index is -0.898. The number of hydrogen-bond donors (Lipinski definition) is 3. The quantitative estimate of drug-likeness (QED) is 0.0420. The molecule has 0 bridgehead atoms. The highest BCUT2D eigenvalue weighted by Gasteiger charge is 2.17. The van der Waals surface area contributed by atoms with E-state index in [0.717, 1.165) is 122 Å². The molecule has 4 heteroatoms. The Morgan fingerprint density at radius 3 is 1.00 bits per heavy atom. The van der Waals surface area contributed by atoms with Gasteiger partial charge in [0.2, 0.25) is 5.91 Å². The largest absolute Gasteiger partial charge is 0.394 e. The molecule has 0 saturated carbocycles. The Hall–Kier alpha value is -4.25. The Bertz CT molecular complexity index is 1560. The number of aliphatic hydroxyl groups is 2. The van der Waals surface area contributed by atoms with Gasteiger partial charge in [0.1, 0.15) is 0 Å². The second kappa shape index (κ2) is 59.1. The fourth-order valence-electron chi connectivity index (χ4n) is 7.39. The van der Waals surface area contributed by atoms with Crippen molar-refractivity contribution in [2.75, 3.05) is 6.61 Å². The number of carbonyl (C=O) groups is 1. The molecule has 0 aliphatic heterocycles. The van der Waals surface area contributed by atoms with Crippen molar-refractivity contribution < 1.29 is 15.0 Å². The van der Waals surface area contributed by atoms with Crippen LogP contribution in [0.1, 0.15) is 219 Å². The maximum Gasteiger partial charge on any atom is 0.220 e. The molecule has 70 heavy (non-hydrogen) atoms. The first kappa shape index (κ1) is 65.8. The molecule has 3 N–H and O–H groups in total. The van der Waals surface area contributed by atoms with E-state index in [1.54, 1.807) is 6.08 Å². The topological polar surface area (TPSA) is 69.6 Å². The number of unbranched alkanes of at least 4 members (excludes halogenated alkanes) is 16. The van der Waals surface area contributed by atoms with Gasteiger partial charge >= 0.3 is 0 Å². The average molecular weight is 961 g/mol. The SMILES string of the molecule is CC/C=C\C/C=C\C/C=C\C/C=C\C/C=C\C/C=C\C/C=C\C/C=C\C/C=C\C/C=C\C/C=C\CCCCCC(=O)NC(CO)C(O)/C=C/CC/C=C/CC/C=C/CCCCCCCCCCCCC. The van der Waals surface area contributed by atoms with Gasteiger partial charge < -0.3 is 15.5 Å². The summed E-state index contributed by atoms with van der Waals surface area (Å²) in [6.45, 7) is 4.16. The number of carbonyl (C=O) groups excluding carboxylic acids is 1. The number of hydrogen-bond acceptors (Lipinski definition) is 3. The molecule has 1 amide bonds. The molecule has 0 aliphatic rings. The number of rotatable bonds is 49. The zero-order valence-electron chi connectivity index (χ0n) is 45.0. The summed E-state index contributed by atoms with van der Waals surface area (Å²) in [6.07, 6.45) is 96.4. The molecule has 0 radical (unpaired) electrons. The Morgan fingerprint density at radius 1 is 0.357 bits per heavy atom. The fourth-order valence-corrected chi connectivity index (χ4v) is 7.39. The van der Waals surface area contributed by atoms with E-state index in [0.29, 0.717) is 6.42 Å². The van der Waals surface area contributed by atoms with Crippen LogP contribution < -0.4 is 5.32 Å². The van der Waals surface area contributed by atoms with Crippen LogP contribution in [0.2, 0.25) is 0 Å². The van der Waals surface area contributed by atoms with Crippen LogP contribution in [0, 0.1) is 0 Å². The molecular weight excluding hydrogens is 855 g/mol. The Balaban J connectivity index is 3.77. The molecule has 2 atom stereocenters. The van der Waals surface area contributed by atoms with Gasteiger partial charge in [-0.2, -0.15) is 0 Å². The second-order valence-electron chi connectivity index (χ2n) is 18.2. The van der Waals surface area contributed by atoms with Crippen molar-refractivity contribution in [1.82, 2.24) is 5.32 Å². The van der Waals surface area contributed by atoms with Crippen LogP contribution in [0.3, 0.4) is 0 Å². The Morgan fingerprint density at radius 2 is 0.643 bits per heavy atom. The standard InChI is InChI=1S/C66H105NO3/c1-3-5-7-9-11-13-15-17-19-21-23-25-26-27-28-29-30-31-32-33-34-35-36-37-38-39-40-42-44-46-48-50-52-54-56-58-60-62-66(70)67-64(63-68)65(69)61-59-57-55-53-51-49-47-45-43-41-24-22-20-18-16-14-12-10-8-6-4-2/h5,7,11,13,17,19,23,25,27-28,30-31,33-34,36-37,39-40,43-46,50-53,59,61,64-65,68-69H,3-4,6,8-10,12,14-16,18,20-22,24,26,29,32,35,38,41-42,47-49,54-58,60,62-63H2,1-2H3,(H,67,70)/b7-5-,13-11-,19-17-,25-23-,28-27-,31-30-,34-33-,37-36-,40-39-,45-43+,46-44-,52-50-,53-51+,61-59+. The van der Waals surface area contributed by atoms with E-state index >= 15 is 0 Å². The third-order valence-corrected chi connectivity index (χ3v) is 11.7. The van der Waals surface area contributed by atoms with Crippen LogP contribution in [-0.4, -0.2) is 34.9 Å². The van der Waals surface area contributed by atoms with Gasteiger partial charge in [0, 0.05) is 6.42 Å². The number of allylic oxidation sites excluding steroid dienone is 27. The highest BCUT2D eigenvalue weighted by molar-refractivity contribution is 5.76. The third kappa shape index (κ3) is 54.7. The van der Waals surface area contributed by atoms with E-state index in [1.807, 2.05) is 6.08 Å². The van der Waals surface area contributed by atoms with Gasteiger partial charge in [0.25, 0.3) is 0 Å². The van der Waals surface area contributed by atoms with E-state index in [9.17, 15) is 15.0 Å². The van der Waals surface area contributed by atoms with Gasteiger partial charge in [0.05, 0.1) is 18.8 Å². The summed E-state index contributed by atoms with van der Waals surface area (Å²) in [7, 11) is 0. The van der Waals surface area contributed by atoms with E-state index in [4.69, 9.17) is 0 Å². The summed E-state index contributed by atoms with van der Waals surface area (Å²) >= 11 is 0. The number of aliphatic hydroxyl groups excluding tert-OH is 2. The van der Waals surface area contributed by atoms with E-state index < -0.39 is 12.1 Å². The zero-order valence-corrected chi connectivity index (χ0v) is 45.0. The molecule has 2 unspecified atom stereocenters. The van der Waals surface area contributed by atoms with Crippen LogP contribution in [0.15, 0.2) is 170 Å². The van der Waals surface area contributed by atoms with E-state index in [1.165, 1.54) is 77.0 Å². The third-order valence-electron chi connectivity index (χ3n) is 11.7. The lowest BCUT2D eigenvalue weighted by Crippen LogP contribution is -2.45.